The van der Waals surface area contributed by atoms with E-state index in [0.29, 0.717) is 18.1 Å². The van der Waals surface area contributed by atoms with Crippen molar-refractivity contribution in [2.75, 3.05) is 0 Å². The van der Waals surface area contributed by atoms with E-state index < -0.39 is 0 Å². The first kappa shape index (κ1) is 15.2. The molecule has 124 valence electrons. The predicted octanol–water partition coefficient (Wildman–Crippen LogP) is 4.73. The third-order valence-electron chi connectivity index (χ3n) is 3.76. The summed E-state index contributed by atoms with van der Waals surface area (Å²) in [6.07, 6.45) is 3.78. The first-order chi connectivity index (χ1) is 12.4. The third kappa shape index (κ3) is 3.77. The molecule has 4 rings (SSSR count). The summed E-state index contributed by atoms with van der Waals surface area (Å²) >= 11 is 0. The van der Waals surface area contributed by atoms with Gasteiger partial charge in [-0.15, -0.1) is 0 Å². The lowest BCUT2D eigenvalue weighted by Crippen LogP contribution is -2.07. The highest BCUT2D eigenvalue weighted by molar-refractivity contribution is 5.79. The van der Waals surface area contributed by atoms with E-state index in [4.69, 9.17) is 14.3 Å². The number of nitrogens with zero attached hydrogens (tertiary/aromatic N) is 2. The maximum Gasteiger partial charge on any atom is 0.235 e. The van der Waals surface area contributed by atoms with E-state index in [1.54, 1.807) is 24.5 Å². The zero-order valence-corrected chi connectivity index (χ0v) is 13.4. The van der Waals surface area contributed by atoms with Gasteiger partial charge in [0.25, 0.3) is 0 Å². The van der Waals surface area contributed by atoms with Gasteiger partial charge in [-0.1, -0.05) is 35.5 Å². The number of hydrogen-bond donors (Lipinski definition) is 0. The maximum absolute atomic E-state index is 5.80. The number of rotatable bonds is 4. The summed E-state index contributed by atoms with van der Waals surface area (Å²) in [6, 6.07) is 21.1. The summed E-state index contributed by atoms with van der Waals surface area (Å²) in [4.78, 5) is 9.45. The quantitative estimate of drug-likeness (QED) is 0.693. The summed E-state index contributed by atoms with van der Waals surface area (Å²) in [5.41, 5.74) is 1.03. The van der Waals surface area contributed by atoms with Crippen LogP contribution in [0.1, 0.15) is 18.1 Å². The molecule has 0 unspecified atom stereocenters. The predicted molar refractivity (Wildman–Crippen MR) is 93.7 cm³/mol. The molecule has 0 radical (unpaired) electrons. The second kappa shape index (κ2) is 7.05. The molecule has 0 aliphatic carbocycles. The Kier molecular flexibility index (Phi) is 4.29. The largest absolute Gasteiger partial charge is 0.457 e. The molecule has 2 heterocycles. The van der Waals surface area contributed by atoms with Crippen LogP contribution in [0.25, 0.3) is 0 Å². The number of ether oxygens (including phenoxy) is 2. The lowest BCUT2D eigenvalue weighted by molar-refractivity contribution is 0.0855. The lowest BCUT2D eigenvalue weighted by Gasteiger charge is -2.10. The van der Waals surface area contributed by atoms with Crippen LogP contribution in [0.5, 0.6) is 17.2 Å². The molecule has 25 heavy (non-hydrogen) atoms. The highest BCUT2D eigenvalue weighted by Gasteiger charge is 2.24. The van der Waals surface area contributed by atoms with Crippen LogP contribution in [0.15, 0.2) is 84.3 Å². The minimum Gasteiger partial charge on any atom is -0.457 e. The monoisotopic (exact) mass is 332 g/mol. The number of aromatic nitrogens is 1. The minimum absolute atomic E-state index is 0.150. The molecule has 0 saturated carbocycles. The van der Waals surface area contributed by atoms with Gasteiger partial charge in [-0.05, 0) is 42.0 Å². The van der Waals surface area contributed by atoms with Crippen molar-refractivity contribution < 1.29 is 14.3 Å². The van der Waals surface area contributed by atoms with Gasteiger partial charge in [0, 0.05) is 12.4 Å². The van der Waals surface area contributed by atoms with Gasteiger partial charge in [0.05, 0.1) is 6.42 Å². The Balaban J connectivity index is 1.37. The summed E-state index contributed by atoms with van der Waals surface area (Å²) in [5.74, 6) is 2.84. The molecular weight excluding hydrogens is 316 g/mol. The summed E-state index contributed by atoms with van der Waals surface area (Å²) in [5, 5.41) is 4.02. The molecule has 1 atom stereocenters. The van der Waals surface area contributed by atoms with Crippen LogP contribution >= 0.6 is 0 Å². The highest BCUT2D eigenvalue weighted by Crippen LogP contribution is 2.30. The zero-order chi connectivity index (χ0) is 16.9. The normalized spacial score (nSPS) is 16.0. The number of benzene rings is 2. The van der Waals surface area contributed by atoms with Crippen molar-refractivity contribution in [1.82, 2.24) is 4.98 Å². The fourth-order valence-corrected chi connectivity index (χ4v) is 2.51. The Labute approximate surface area is 145 Å². The van der Waals surface area contributed by atoms with Crippen LogP contribution in [-0.2, 0) is 4.84 Å². The van der Waals surface area contributed by atoms with Crippen molar-refractivity contribution in [2.45, 2.75) is 12.5 Å². The molecule has 1 aliphatic heterocycles. The Morgan fingerprint density at radius 1 is 0.760 bits per heavy atom. The summed E-state index contributed by atoms with van der Waals surface area (Å²) < 4.78 is 11.5. The molecule has 0 saturated heterocycles. The van der Waals surface area contributed by atoms with Crippen molar-refractivity contribution in [3.05, 3.63) is 84.7 Å². The molecule has 5 heteroatoms. The number of pyridine rings is 1. The van der Waals surface area contributed by atoms with Gasteiger partial charge >= 0.3 is 0 Å². The molecule has 1 aromatic heterocycles. The van der Waals surface area contributed by atoms with Crippen LogP contribution in [0.4, 0.5) is 0 Å². The molecule has 0 bridgehead atoms. The van der Waals surface area contributed by atoms with Crippen molar-refractivity contribution in [3.63, 3.8) is 0 Å². The SMILES string of the molecule is c1ccc(Oc2ccc([C@@H]3CC(Oc4ccncc4)=NO3)cc2)cc1. The van der Waals surface area contributed by atoms with Gasteiger partial charge < -0.3 is 14.3 Å². The van der Waals surface area contributed by atoms with Crippen LogP contribution in [0.2, 0.25) is 0 Å². The molecule has 1 aliphatic rings. The van der Waals surface area contributed by atoms with Crippen molar-refractivity contribution in [3.8, 4) is 17.2 Å². The molecule has 5 nitrogen and oxygen atoms in total. The van der Waals surface area contributed by atoms with E-state index in [0.717, 1.165) is 17.1 Å². The Morgan fingerprint density at radius 2 is 1.44 bits per heavy atom. The van der Waals surface area contributed by atoms with E-state index in [-0.39, 0.29) is 6.10 Å². The smallest absolute Gasteiger partial charge is 0.235 e. The van der Waals surface area contributed by atoms with Crippen molar-refractivity contribution in [2.24, 2.45) is 5.16 Å². The van der Waals surface area contributed by atoms with Gasteiger partial charge in [0.15, 0.2) is 6.10 Å². The zero-order valence-electron chi connectivity index (χ0n) is 13.4. The average Bonchev–Trinajstić information content (AvgIpc) is 3.12. The maximum atomic E-state index is 5.80. The van der Waals surface area contributed by atoms with Crippen molar-refractivity contribution >= 4 is 5.90 Å². The first-order valence-electron chi connectivity index (χ1n) is 8.00. The van der Waals surface area contributed by atoms with E-state index in [1.807, 2.05) is 54.6 Å². The van der Waals surface area contributed by atoms with Crippen molar-refractivity contribution in [1.29, 1.82) is 0 Å². The average molecular weight is 332 g/mol. The van der Waals surface area contributed by atoms with Crippen LogP contribution in [0.3, 0.4) is 0 Å². The van der Waals surface area contributed by atoms with Crippen LogP contribution < -0.4 is 9.47 Å². The Hall–Kier alpha value is -3.34. The fourth-order valence-electron chi connectivity index (χ4n) is 2.51. The van der Waals surface area contributed by atoms with E-state index >= 15 is 0 Å². The fraction of sp³-hybridized carbons (Fsp3) is 0.100. The second-order valence-electron chi connectivity index (χ2n) is 5.55. The van der Waals surface area contributed by atoms with E-state index in [9.17, 15) is 0 Å². The highest BCUT2D eigenvalue weighted by atomic mass is 16.7. The molecule has 3 aromatic rings. The Morgan fingerprint density at radius 3 is 2.20 bits per heavy atom. The first-order valence-corrected chi connectivity index (χ1v) is 8.00. The molecule has 0 N–H and O–H groups in total. The summed E-state index contributed by atoms with van der Waals surface area (Å²) in [6.45, 7) is 0. The molecular formula is C20H16N2O3. The van der Waals surface area contributed by atoms with Crippen LogP contribution in [-0.4, -0.2) is 10.9 Å². The number of hydrogen-bond acceptors (Lipinski definition) is 5. The minimum atomic E-state index is -0.150. The molecule has 0 spiro atoms. The van der Waals surface area contributed by atoms with Crippen LogP contribution in [0, 0.1) is 0 Å². The van der Waals surface area contributed by atoms with Gasteiger partial charge in [0.1, 0.15) is 17.2 Å². The second-order valence-corrected chi connectivity index (χ2v) is 5.55. The van der Waals surface area contributed by atoms with Gasteiger partial charge in [-0.2, -0.15) is 0 Å². The summed E-state index contributed by atoms with van der Waals surface area (Å²) in [7, 11) is 0. The third-order valence-corrected chi connectivity index (χ3v) is 3.76. The van der Waals surface area contributed by atoms with E-state index in [2.05, 4.69) is 10.1 Å². The Bertz CT molecular complexity index is 849. The lowest BCUT2D eigenvalue weighted by atomic mass is 10.1. The van der Waals surface area contributed by atoms with Gasteiger partial charge in [-0.25, -0.2) is 0 Å². The standard InChI is InChI=1S/C20H16N2O3/c1-2-4-16(5-3-1)23-17-8-6-15(7-9-17)19-14-20(22-25-19)24-18-10-12-21-13-11-18/h1-13,19H,14H2/t19-/m0/s1. The molecule has 0 amide bonds. The van der Waals surface area contributed by atoms with Gasteiger partial charge in [0.2, 0.25) is 5.90 Å². The number of oxime groups is 1. The number of para-hydroxylation sites is 1. The topological polar surface area (TPSA) is 52.9 Å². The molecule has 2 aromatic carbocycles. The van der Waals surface area contributed by atoms with E-state index in [1.165, 1.54) is 0 Å². The molecule has 0 fully saturated rings. The van der Waals surface area contributed by atoms with Gasteiger partial charge in [-0.3, -0.25) is 4.98 Å².